The zero-order valence-electron chi connectivity index (χ0n) is 13.0. The van der Waals surface area contributed by atoms with Crippen LogP contribution in [-0.4, -0.2) is 40.2 Å². The molecule has 7 nitrogen and oxygen atoms in total. The maximum absolute atomic E-state index is 13.8. The van der Waals surface area contributed by atoms with Gasteiger partial charge in [0.25, 0.3) is 11.8 Å². The molecule has 130 valence electrons. The van der Waals surface area contributed by atoms with Crippen molar-refractivity contribution in [3.05, 3.63) is 47.9 Å². The zero-order valence-corrected chi connectivity index (χ0v) is 13.8. The molecule has 0 saturated carbocycles. The quantitative estimate of drug-likeness (QED) is 0.460. The minimum atomic E-state index is -1.30. The summed E-state index contributed by atoms with van der Waals surface area (Å²) in [7, 11) is 1.39. The maximum Gasteiger partial charge on any atom is 0.262 e. The molecule has 2 aromatic rings. The molecule has 0 bridgehead atoms. The monoisotopic (exact) mass is 366 g/mol. The fraction of sp³-hybridized carbons (Fsp3) is 0.200. The van der Waals surface area contributed by atoms with E-state index in [9.17, 15) is 8.78 Å². The molecule has 1 aliphatic rings. The lowest BCUT2D eigenvalue weighted by atomic mass is 10.1. The van der Waals surface area contributed by atoms with Crippen molar-refractivity contribution in [1.82, 2.24) is 9.97 Å². The number of thioether (sulfide) groups is 1. The van der Waals surface area contributed by atoms with Gasteiger partial charge in [-0.2, -0.15) is 13.8 Å². The van der Waals surface area contributed by atoms with Gasteiger partial charge in [0.2, 0.25) is 5.82 Å². The van der Waals surface area contributed by atoms with Crippen LogP contribution in [0.2, 0.25) is 0 Å². The molecular weight excluding hydrogens is 354 g/mol. The predicted molar refractivity (Wildman–Crippen MR) is 87.9 cm³/mol. The predicted octanol–water partition coefficient (Wildman–Crippen LogP) is 2.97. The second kappa shape index (κ2) is 7.88. The molecule has 0 fully saturated rings. The molecule has 0 radical (unpaired) electrons. The van der Waals surface area contributed by atoms with E-state index in [1.54, 1.807) is 24.3 Å². The highest BCUT2D eigenvalue weighted by Gasteiger charge is 2.22. The fourth-order valence-corrected chi connectivity index (χ4v) is 2.71. The molecule has 0 spiro atoms. The van der Waals surface area contributed by atoms with E-state index in [0.29, 0.717) is 28.7 Å². The number of ether oxygens (including phenoxy) is 1. The third-order valence-corrected chi connectivity index (χ3v) is 3.92. The van der Waals surface area contributed by atoms with Crippen molar-refractivity contribution in [2.24, 2.45) is 10.3 Å². The first kappa shape index (κ1) is 17.1. The Kier molecular flexibility index (Phi) is 5.39. The molecule has 0 aliphatic carbocycles. The Morgan fingerprint density at radius 1 is 1.28 bits per heavy atom. The summed E-state index contributed by atoms with van der Waals surface area (Å²) in [6.07, 6.45) is 0.870. The van der Waals surface area contributed by atoms with Gasteiger partial charge in [-0.25, -0.2) is 4.98 Å². The number of oxime groups is 2. The Hall–Kier alpha value is -2.75. The molecule has 2 heterocycles. The maximum atomic E-state index is 13.8. The molecule has 0 unspecified atom stereocenters. The molecule has 0 atom stereocenters. The normalized spacial score (nSPS) is 14.5. The third-order valence-electron chi connectivity index (χ3n) is 3.01. The van der Waals surface area contributed by atoms with E-state index < -0.39 is 17.6 Å². The van der Waals surface area contributed by atoms with Crippen LogP contribution in [0.25, 0.3) is 0 Å². The first-order chi connectivity index (χ1) is 12.2. The molecule has 1 aliphatic heterocycles. The van der Waals surface area contributed by atoms with E-state index in [4.69, 9.17) is 14.4 Å². The van der Waals surface area contributed by atoms with Crippen LogP contribution in [0.5, 0.6) is 11.6 Å². The smallest absolute Gasteiger partial charge is 0.262 e. The van der Waals surface area contributed by atoms with Crippen molar-refractivity contribution in [3.63, 3.8) is 0 Å². The first-order valence-electron chi connectivity index (χ1n) is 7.08. The van der Waals surface area contributed by atoms with Crippen LogP contribution in [0.15, 0.2) is 40.9 Å². The molecule has 25 heavy (non-hydrogen) atoms. The highest BCUT2D eigenvalue weighted by Crippen LogP contribution is 2.28. The van der Waals surface area contributed by atoms with Gasteiger partial charge in [0.05, 0.1) is 0 Å². The lowest BCUT2D eigenvalue weighted by molar-refractivity contribution is 0.160. The van der Waals surface area contributed by atoms with Gasteiger partial charge in [0, 0.05) is 11.3 Å². The minimum absolute atomic E-state index is 0.198. The number of aromatic nitrogens is 2. The Balaban J connectivity index is 2.01. The van der Waals surface area contributed by atoms with Gasteiger partial charge < -0.3 is 14.4 Å². The Labute approximate surface area is 145 Å². The average molecular weight is 366 g/mol. The van der Waals surface area contributed by atoms with Crippen molar-refractivity contribution in [2.45, 2.75) is 0 Å². The third kappa shape index (κ3) is 3.85. The Morgan fingerprint density at radius 3 is 2.88 bits per heavy atom. The highest BCUT2D eigenvalue weighted by molar-refractivity contribution is 8.15. The van der Waals surface area contributed by atoms with Crippen LogP contribution >= 0.6 is 11.8 Å². The average Bonchev–Trinajstić information content (AvgIpc) is 2.65. The van der Waals surface area contributed by atoms with E-state index in [-0.39, 0.29) is 5.75 Å². The minimum Gasteiger partial charge on any atom is -0.436 e. The van der Waals surface area contributed by atoms with Crippen molar-refractivity contribution >= 4 is 22.5 Å². The van der Waals surface area contributed by atoms with Crippen LogP contribution in [0, 0.1) is 11.8 Å². The molecule has 10 heteroatoms. The fourth-order valence-electron chi connectivity index (χ4n) is 1.97. The summed E-state index contributed by atoms with van der Waals surface area (Å²) in [6, 6.07) is 6.65. The molecule has 0 saturated heterocycles. The van der Waals surface area contributed by atoms with Gasteiger partial charge in [-0.05, 0) is 12.1 Å². The largest absolute Gasteiger partial charge is 0.436 e. The van der Waals surface area contributed by atoms with Crippen molar-refractivity contribution in [2.75, 3.05) is 19.5 Å². The van der Waals surface area contributed by atoms with Crippen LogP contribution < -0.4 is 4.74 Å². The second-order valence-corrected chi connectivity index (χ2v) is 5.67. The summed E-state index contributed by atoms with van der Waals surface area (Å²) in [4.78, 5) is 16.7. The summed E-state index contributed by atoms with van der Waals surface area (Å²) in [6.45, 7) is 0.484. The number of hydrogen-bond donors (Lipinski definition) is 0. The van der Waals surface area contributed by atoms with Crippen LogP contribution in [0.3, 0.4) is 0 Å². The number of para-hydroxylation sites is 1. The Bertz CT molecular complexity index is 832. The lowest BCUT2D eigenvalue weighted by Gasteiger charge is -2.15. The summed E-state index contributed by atoms with van der Waals surface area (Å²) in [5.41, 5.74) is 0.803. The number of hydrogen-bond acceptors (Lipinski definition) is 8. The zero-order chi connectivity index (χ0) is 17.6. The van der Waals surface area contributed by atoms with E-state index in [1.807, 2.05) is 0 Å². The van der Waals surface area contributed by atoms with Gasteiger partial charge in [-0.3, -0.25) is 0 Å². The topological polar surface area (TPSA) is 78.2 Å². The van der Waals surface area contributed by atoms with Crippen LogP contribution in [0.4, 0.5) is 8.78 Å². The molecule has 0 amide bonds. The van der Waals surface area contributed by atoms with Crippen LogP contribution in [-0.2, 0) is 9.68 Å². The van der Waals surface area contributed by atoms with E-state index in [2.05, 4.69) is 20.3 Å². The van der Waals surface area contributed by atoms with Gasteiger partial charge in [0.15, 0.2) is 5.04 Å². The summed E-state index contributed by atoms with van der Waals surface area (Å²) in [5, 5.41) is 8.41. The van der Waals surface area contributed by atoms with Crippen molar-refractivity contribution in [1.29, 1.82) is 0 Å². The summed E-state index contributed by atoms with van der Waals surface area (Å²) in [5.74, 6) is -2.23. The van der Waals surface area contributed by atoms with Gasteiger partial charge in [-0.1, -0.05) is 34.2 Å². The van der Waals surface area contributed by atoms with Crippen LogP contribution in [0.1, 0.15) is 5.56 Å². The molecule has 0 N–H and O–H groups in total. The summed E-state index contributed by atoms with van der Waals surface area (Å²) < 4.78 is 32.5. The lowest BCUT2D eigenvalue weighted by Crippen LogP contribution is -2.19. The Morgan fingerprint density at radius 2 is 2.12 bits per heavy atom. The van der Waals surface area contributed by atoms with E-state index >= 15 is 0 Å². The molecular formula is C15H12F2N4O3S. The molecule has 1 aromatic heterocycles. The van der Waals surface area contributed by atoms with E-state index in [1.165, 1.54) is 18.9 Å². The van der Waals surface area contributed by atoms with Crippen molar-refractivity contribution in [3.8, 4) is 11.6 Å². The number of halogens is 2. The van der Waals surface area contributed by atoms with Crippen molar-refractivity contribution < 1.29 is 23.2 Å². The number of benzene rings is 1. The van der Waals surface area contributed by atoms with Gasteiger partial charge >= 0.3 is 0 Å². The first-order valence-corrected chi connectivity index (χ1v) is 8.06. The SMILES string of the molecule is CON=C(C1=NOCCS1)c1ccccc1Oc1ncnc(F)c1F. The number of rotatable bonds is 5. The molecule has 3 rings (SSSR count). The van der Waals surface area contributed by atoms with E-state index in [0.717, 1.165) is 6.33 Å². The van der Waals surface area contributed by atoms with Gasteiger partial charge in [0.1, 0.15) is 31.5 Å². The van der Waals surface area contributed by atoms with Gasteiger partial charge in [-0.15, -0.1) is 0 Å². The molecule has 1 aromatic carbocycles. The standard InChI is InChI=1S/C15H12F2N4O3S/c1-22-20-12(15-21-23-6-7-25-15)9-4-2-3-5-10(9)24-14-11(16)13(17)18-8-19-14/h2-5,8H,6-7H2,1H3. The number of nitrogens with zero attached hydrogens (tertiary/aromatic N) is 4. The highest BCUT2D eigenvalue weighted by atomic mass is 32.2. The second-order valence-electron chi connectivity index (χ2n) is 4.58. The summed E-state index contributed by atoms with van der Waals surface area (Å²) >= 11 is 1.43.